The van der Waals surface area contributed by atoms with Gasteiger partial charge in [-0.1, -0.05) is 18.2 Å². The molecule has 1 unspecified atom stereocenters. The van der Waals surface area contributed by atoms with Crippen LogP contribution in [0.3, 0.4) is 0 Å². The van der Waals surface area contributed by atoms with E-state index < -0.39 is 17.6 Å². The van der Waals surface area contributed by atoms with Crippen LogP contribution in [0, 0.1) is 5.82 Å². The van der Waals surface area contributed by atoms with Crippen molar-refractivity contribution < 1.29 is 17.6 Å². The minimum atomic E-state index is -4.40. The third-order valence-electron chi connectivity index (χ3n) is 3.04. The van der Waals surface area contributed by atoms with Gasteiger partial charge in [-0.15, -0.1) is 0 Å². The Balaban J connectivity index is 2.44. The maximum absolute atomic E-state index is 13.8. The summed E-state index contributed by atoms with van der Waals surface area (Å²) in [5.74, 6) is -0.492. The van der Waals surface area contributed by atoms with E-state index in [1.54, 1.807) is 19.1 Å². The van der Waals surface area contributed by atoms with Crippen LogP contribution in [0.25, 0.3) is 11.1 Å². The van der Waals surface area contributed by atoms with Crippen molar-refractivity contribution in [2.45, 2.75) is 19.1 Å². The SMILES string of the molecule is CC(N)c1ccc(F)c(-c2ccc(C(F)(F)F)cc2)c1. The topological polar surface area (TPSA) is 26.0 Å². The zero-order chi connectivity index (χ0) is 14.9. The molecule has 2 aromatic carbocycles. The average Bonchev–Trinajstić information content (AvgIpc) is 2.38. The van der Waals surface area contributed by atoms with Crippen molar-refractivity contribution in [1.29, 1.82) is 0 Å². The van der Waals surface area contributed by atoms with Crippen molar-refractivity contribution in [2.24, 2.45) is 5.73 Å². The monoisotopic (exact) mass is 283 g/mol. The summed E-state index contributed by atoms with van der Waals surface area (Å²) in [5.41, 5.74) is 6.32. The lowest BCUT2D eigenvalue weighted by Gasteiger charge is -2.11. The highest BCUT2D eigenvalue weighted by Crippen LogP contribution is 2.32. The van der Waals surface area contributed by atoms with Crippen LogP contribution >= 0.6 is 0 Å². The molecule has 0 saturated carbocycles. The van der Waals surface area contributed by atoms with Gasteiger partial charge in [0.15, 0.2) is 0 Å². The zero-order valence-electron chi connectivity index (χ0n) is 10.7. The molecule has 0 amide bonds. The normalized spacial score (nSPS) is 13.3. The molecule has 1 atom stereocenters. The quantitative estimate of drug-likeness (QED) is 0.805. The minimum Gasteiger partial charge on any atom is -0.324 e. The van der Waals surface area contributed by atoms with Crippen molar-refractivity contribution >= 4 is 0 Å². The number of rotatable bonds is 2. The van der Waals surface area contributed by atoms with Gasteiger partial charge < -0.3 is 5.73 Å². The maximum atomic E-state index is 13.8. The number of hydrogen-bond donors (Lipinski definition) is 1. The Bertz CT molecular complexity index is 600. The molecule has 1 nitrogen and oxygen atoms in total. The Hall–Kier alpha value is -1.88. The third kappa shape index (κ3) is 2.99. The highest BCUT2D eigenvalue weighted by Gasteiger charge is 2.30. The van der Waals surface area contributed by atoms with Gasteiger partial charge in [0, 0.05) is 11.6 Å². The van der Waals surface area contributed by atoms with Crippen LogP contribution in [0.5, 0.6) is 0 Å². The minimum absolute atomic E-state index is 0.244. The summed E-state index contributed by atoms with van der Waals surface area (Å²) in [5, 5.41) is 0. The summed E-state index contributed by atoms with van der Waals surface area (Å²) >= 11 is 0. The van der Waals surface area contributed by atoms with Crippen LogP contribution in [-0.2, 0) is 6.18 Å². The molecule has 0 saturated heterocycles. The average molecular weight is 283 g/mol. The molecule has 106 valence electrons. The van der Waals surface area contributed by atoms with Crippen LogP contribution < -0.4 is 5.73 Å². The van der Waals surface area contributed by atoms with Crippen LogP contribution in [0.15, 0.2) is 42.5 Å². The molecule has 0 aromatic heterocycles. The van der Waals surface area contributed by atoms with E-state index in [2.05, 4.69) is 0 Å². The number of benzene rings is 2. The molecular weight excluding hydrogens is 270 g/mol. The van der Waals surface area contributed by atoms with E-state index in [1.165, 1.54) is 18.2 Å². The highest BCUT2D eigenvalue weighted by molar-refractivity contribution is 5.65. The molecular formula is C15H13F4N. The fourth-order valence-electron chi connectivity index (χ4n) is 1.89. The van der Waals surface area contributed by atoms with Crippen molar-refractivity contribution in [3.05, 3.63) is 59.4 Å². The Labute approximate surface area is 114 Å². The van der Waals surface area contributed by atoms with E-state index in [1.807, 2.05) is 0 Å². The molecule has 0 aliphatic carbocycles. The summed E-state index contributed by atoms with van der Waals surface area (Å²) in [6.45, 7) is 1.75. The number of halogens is 4. The van der Waals surface area contributed by atoms with Crippen LogP contribution in [-0.4, -0.2) is 0 Å². The number of alkyl halides is 3. The Morgan fingerprint density at radius 1 is 1.00 bits per heavy atom. The molecule has 0 bridgehead atoms. The van der Waals surface area contributed by atoms with E-state index >= 15 is 0 Å². The van der Waals surface area contributed by atoms with Gasteiger partial charge in [-0.3, -0.25) is 0 Å². The standard InChI is InChI=1S/C15H13F4N/c1-9(20)11-4-7-14(16)13(8-11)10-2-5-12(6-3-10)15(17,18)19/h2-9H,20H2,1H3. The van der Waals surface area contributed by atoms with E-state index in [-0.39, 0.29) is 11.6 Å². The summed E-state index contributed by atoms with van der Waals surface area (Å²) < 4.78 is 51.2. The van der Waals surface area contributed by atoms with Gasteiger partial charge in [0.05, 0.1) is 5.56 Å². The molecule has 2 rings (SSSR count). The first-order chi connectivity index (χ1) is 9.29. The Morgan fingerprint density at radius 2 is 1.60 bits per heavy atom. The van der Waals surface area contributed by atoms with Gasteiger partial charge >= 0.3 is 6.18 Å². The highest BCUT2D eigenvalue weighted by atomic mass is 19.4. The largest absolute Gasteiger partial charge is 0.416 e. The fraction of sp³-hybridized carbons (Fsp3) is 0.200. The summed E-state index contributed by atoms with van der Waals surface area (Å²) in [7, 11) is 0. The molecule has 0 radical (unpaired) electrons. The smallest absolute Gasteiger partial charge is 0.324 e. The van der Waals surface area contributed by atoms with Gasteiger partial charge in [-0.2, -0.15) is 13.2 Å². The second-order valence-electron chi connectivity index (χ2n) is 4.60. The van der Waals surface area contributed by atoms with E-state index in [9.17, 15) is 17.6 Å². The lowest BCUT2D eigenvalue weighted by Crippen LogP contribution is -2.06. The van der Waals surface area contributed by atoms with E-state index in [4.69, 9.17) is 5.73 Å². The first-order valence-electron chi connectivity index (χ1n) is 6.01. The van der Waals surface area contributed by atoms with E-state index in [0.29, 0.717) is 5.56 Å². The molecule has 2 aromatic rings. The number of nitrogens with two attached hydrogens (primary N) is 1. The second-order valence-corrected chi connectivity index (χ2v) is 4.60. The van der Waals surface area contributed by atoms with Crippen molar-refractivity contribution in [3.8, 4) is 11.1 Å². The second kappa shape index (κ2) is 5.25. The Morgan fingerprint density at radius 3 is 2.10 bits per heavy atom. The summed E-state index contributed by atoms with van der Waals surface area (Å²) in [6, 6.07) is 8.50. The first-order valence-corrected chi connectivity index (χ1v) is 6.01. The first kappa shape index (κ1) is 14.5. The van der Waals surface area contributed by atoms with Crippen molar-refractivity contribution in [1.82, 2.24) is 0 Å². The molecule has 0 heterocycles. The van der Waals surface area contributed by atoms with Gasteiger partial charge in [-0.25, -0.2) is 4.39 Å². The molecule has 0 fully saturated rings. The van der Waals surface area contributed by atoms with Crippen LogP contribution in [0.1, 0.15) is 24.1 Å². The molecule has 0 spiro atoms. The molecule has 5 heteroatoms. The molecule has 20 heavy (non-hydrogen) atoms. The predicted molar refractivity (Wildman–Crippen MR) is 69.4 cm³/mol. The molecule has 2 N–H and O–H groups in total. The number of hydrogen-bond acceptors (Lipinski definition) is 1. The lowest BCUT2D eigenvalue weighted by molar-refractivity contribution is -0.137. The van der Waals surface area contributed by atoms with Crippen LogP contribution in [0.4, 0.5) is 17.6 Å². The van der Waals surface area contributed by atoms with Gasteiger partial charge in [0.2, 0.25) is 0 Å². The maximum Gasteiger partial charge on any atom is 0.416 e. The van der Waals surface area contributed by atoms with Gasteiger partial charge in [0.25, 0.3) is 0 Å². The summed E-state index contributed by atoms with van der Waals surface area (Å²) in [6.07, 6.45) is -4.40. The lowest BCUT2D eigenvalue weighted by atomic mass is 9.99. The summed E-state index contributed by atoms with van der Waals surface area (Å²) in [4.78, 5) is 0. The molecule has 0 aliphatic heterocycles. The molecule has 0 aliphatic rings. The van der Waals surface area contributed by atoms with E-state index in [0.717, 1.165) is 17.7 Å². The predicted octanol–water partition coefficient (Wildman–Crippen LogP) is 4.53. The Kier molecular flexibility index (Phi) is 3.81. The zero-order valence-corrected chi connectivity index (χ0v) is 10.7. The van der Waals surface area contributed by atoms with Crippen molar-refractivity contribution in [3.63, 3.8) is 0 Å². The third-order valence-corrected chi connectivity index (χ3v) is 3.04. The van der Waals surface area contributed by atoms with Gasteiger partial charge in [-0.05, 0) is 42.3 Å². The van der Waals surface area contributed by atoms with Crippen molar-refractivity contribution in [2.75, 3.05) is 0 Å². The fourth-order valence-corrected chi connectivity index (χ4v) is 1.89. The van der Waals surface area contributed by atoms with Crippen LogP contribution in [0.2, 0.25) is 0 Å². The van der Waals surface area contributed by atoms with Gasteiger partial charge in [0.1, 0.15) is 5.82 Å².